The largest absolute Gasteiger partial charge is 0.370 e. The van der Waals surface area contributed by atoms with Gasteiger partial charge in [0.15, 0.2) is 0 Å². The van der Waals surface area contributed by atoms with E-state index in [0.29, 0.717) is 12.4 Å². The Morgan fingerprint density at radius 3 is 2.24 bits per heavy atom. The van der Waals surface area contributed by atoms with Gasteiger partial charge in [0.2, 0.25) is 5.91 Å². The standard InChI is InChI=1S/C15H27N5O/c1-7-16-13-10(5)14(20-12(19-13)9(3)4)18-11(6)15(21)17-8-2/h9,11H,7-8H2,1-6H3,(H,17,21)(H2,16,18,19,20). The van der Waals surface area contributed by atoms with Crippen molar-refractivity contribution in [2.45, 2.75) is 53.5 Å². The number of hydrogen-bond acceptors (Lipinski definition) is 5. The van der Waals surface area contributed by atoms with Gasteiger partial charge in [-0.1, -0.05) is 13.8 Å². The SMILES string of the molecule is CCNC(=O)C(C)Nc1nc(C(C)C)nc(NCC)c1C. The molecular weight excluding hydrogens is 266 g/mol. The maximum Gasteiger partial charge on any atom is 0.242 e. The number of amides is 1. The smallest absolute Gasteiger partial charge is 0.242 e. The summed E-state index contributed by atoms with van der Waals surface area (Å²) in [4.78, 5) is 21.0. The van der Waals surface area contributed by atoms with Crippen LogP contribution < -0.4 is 16.0 Å². The van der Waals surface area contributed by atoms with Crippen molar-refractivity contribution in [3.8, 4) is 0 Å². The third-order valence-corrected chi connectivity index (χ3v) is 3.12. The number of nitrogens with one attached hydrogen (secondary N) is 3. The number of rotatable bonds is 7. The van der Waals surface area contributed by atoms with Crippen LogP contribution in [0.5, 0.6) is 0 Å². The fourth-order valence-corrected chi connectivity index (χ4v) is 1.87. The number of hydrogen-bond donors (Lipinski definition) is 3. The summed E-state index contributed by atoms with van der Waals surface area (Å²) in [6, 6.07) is -0.340. The molecule has 3 N–H and O–H groups in total. The molecular formula is C15H27N5O. The molecule has 1 heterocycles. The van der Waals surface area contributed by atoms with Gasteiger partial charge in [-0.25, -0.2) is 9.97 Å². The van der Waals surface area contributed by atoms with Crippen molar-refractivity contribution in [3.05, 3.63) is 11.4 Å². The van der Waals surface area contributed by atoms with Crippen LogP contribution in [0.15, 0.2) is 0 Å². The molecule has 0 saturated carbocycles. The number of aromatic nitrogens is 2. The van der Waals surface area contributed by atoms with Gasteiger partial charge in [-0.3, -0.25) is 4.79 Å². The Hall–Kier alpha value is -1.85. The van der Waals surface area contributed by atoms with Crippen molar-refractivity contribution in [2.75, 3.05) is 23.7 Å². The second-order valence-corrected chi connectivity index (χ2v) is 5.35. The molecule has 6 heteroatoms. The molecule has 1 atom stereocenters. The van der Waals surface area contributed by atoms with E-state index >= 15 is 0 Å². The molecule has 0 aliphatic rings. The predicted octanol–water partition coefficient (Wildman–Crippen LogP) is 2.28. The Bertz CT molecular complexity index is 487. The third kappa shape index (κ3) is 4.58. The molecule has 0 radical (unpaired) electrons. The monoisotopic (exact) mass is 293 g/mol. The van der Waals surface area contributed by atoms with Gasteiger partial charge >= 0.3 is 0 Å². The van der Waals surface area contributed by atoms with E-state index in [2.05, 4.69) is 39.8 Å². The minimum atomic E-state index is -0.340. The van der Waals surface area contributed by atoms with E-state index < -0.39 is 0 Å². The highest BCUT2D eigenvalue weighted by atomic mass is 16.2. The topological polar surface area (TPSA) is 78.9 Å². The molecule has 0 saturated heterocycles. The maximum atomic E-state index is 11.9. The van der Waals surface area contributed by atoms with Gasteiger partial charge in [-0.15, -0.1) is 0 Å². The van der Waals surface area contributed by atoms with Crippen molar-refractivity contribution < 1.29 is 4.79 Å². The summed E-state index contributed by atoms with van der Waals surface area (Å²) in [7, 11) is 0. The highest BCUT2D eigenvalue weighted by Gasteiger charge is 2.17. The highest BCUT2D eigenvalue weighted by molar-refractivity contribution is 5.84. The van der Waals surface area contributed by atoms with E-state index in [9.17, 15) is 4.79 Å². The summed E-state index contributed by atoms with van der Waals surface area (Å²) in [5, 5.41) is 9.23. The molecule has 0 aliphatic heterocycles. The molecule has 1 unspecified atom stereocenters. The van der Waals surface area contributed by atoms with E-state index in [1.54, 1.807) is 0 Å². The second-order valence-electron chi connectivity index (χ2n) is 5.35. The summed E-state index contributed by atoms with van der Waals surface area (Å²) < 4.78 is 0. The Morgan fingerprint density at radius 2 is 1.71 bits per heavy atom. The fourth-order valence-electron chi connectivity index (χ4n) is 1.87. The van der Waals surface area contributed by atoms with E-state index in [0.717, 1.165) is 23.8 Å². The van der Waals surface area contributed by atoms with Crippen LogP contribution in [0.2, 0.25) is 0 Å². The summed E-state index contributed by atoms with van der Waals surface area (Å²) in [5.74, 6) is 2.49. The Morgan fingerprint density at radius 1 is 1.10 bits per heavy atom. The van der Waals surface area contributed by atoms with E-state index in [4.69, 9.17) is 0 Å². The van der Waals surface area contributed by atoms with Gasteiger partial charge in [0.25, 0.3) is 0 Å². The van der Waals surface area contributed by atoms with Crippen molar-refractivity contribution in [2.24, 2.45) is 0 Å². The van der Waals surface area contributed by atoms with Crippen LogP contribution in [-0.2, 0) is 4.79 Å². The molecule has 0 aromatic carbocycles. The third-order valence-electron chi connectivity index (χ3n) is 3.12. The lowest BCUT2D eigenvalue weighted by Crippen LogP contribution is -2.37. The normalized spacial score (nSPS) is 12.1. The lowest BCUT2D eigenvalue weighted by atomic mass is 10.2. The zero-order valence-corrected chi connectivity index (χ0v) is 13.9. The predicted molar refractivity (Wildman–Crippen MR) is 86.8 cm³/mol. The van der Waals surface area contributed by atoms with Crippen LogP contribution >= 0.6 is 0 Å². The molecule has 21 heavy (non-hydrogen) atoms. The summed E-state index contributed by atoms with van der Waals surface area (Å²) >= 11 is 0. The van der Waals surface area contributed by atoms with Crippen LogP contribution in [0.1, 0.15) is 51.9 Å². The lowest BCUT2D eigenvalue weighted by molar-refractivity contribution is -0.121. The Balaban J connectivity index is 3.06. The van der Waals surface area contributed by atoms with E-state index in [1.807, 2.05) is 27.7 Å². The lowest BCUT2D eigenvalue weighted by Gasteiger charge is -2.19. The summed E-state index contributed by atoms with van der Waals surface area (Å²) in [6.07, 6.45) is 0. The molecule has 6 nitrogen and oxygen atoms in total. The molecule has 1 aromatic heterocycles. The number of nitrogens with zero attached hydrogens (tertiary/aromatic N) is 2. The molecule has 0 spiro atoms. The molecule has 0 bridgehead atoms. The van der Waals surface area contributed by atoms with Gasteiger partial charge in [-0.2, -0.15) is 0 Å². The number of carbonyl (C=O) groups is 1. The van der Waals surface area contributed by atoms with Gasteiger partial charge in [0.1, 0.15) is 23.5 Å². The zero-order valence-electron chi connectivity index (χ0n) is 13.9. The quantitative estimate of drug-likeness (QED) is 0.719. The van der Waals surface area contributed by atoms with E-state index in [1.165, 1.54) is 0 Å². The zero-order chi connectivity index (χ0) is 16.0. The Labute approximate surface area is 127 Å². The van der Waals surface area contributed by atoms with E-state index in [-0.39, 0.29) is 17.9 Å². The molecule has 1 aromatic rings. The van der Waals surface area contributed by atoms with Gasteiger partial charge in [0, 0.05) is 24.6 Å². The minimum Gasteiger partial charge on any atom is -0.370 e. The fraction of sp³-hybridized carbons (Fsp3) is 0.667. The first kappa shape index (κ1) is 17.2. The van der Waals surface area contributed by atoms with Crippen molar-refractivity contribution in [1.82, 2.24) is 15.3 Å². The average molecular weight is 293 g/mol. The highest BCUT2D eigenvalue weighted by Crippen LogP contribution is 2.23. The van der Waals surface area contributed by atoms with Crippen molar-refractivity contribution in [1.29, 1.82) is 0 Å². The first-order valence-electron chi connectivity index (χ1n) is 7.57. The molecule has 1 amide bonds. The first-order chi connectivity index (χ1) is 9.90. The van der Waals surface area contributed by atoms with Crippen LogP contribution in [0, 0.1) is 6.92 Å². The average Bonchev–Trinajstić information content (AvgIpc) is 2.43. The van der Waals surface area contributed by atoms with Gasteiger partial charge < -0.3 is 16.0 Å². The summed E-state index contributed by atoms with van der Waals surface area (Å²) in [5.41, 5.74) is 0.928. The van der Waals surface area contributed by atoms with Crippen LogP contribution in [0.3, 0.4) is 0 Å². The molecule has 0 aliphatic carbocycles. The number of likely N-dealkylation sites (N-methyl/N-ethyl adjacent to an activating group) is 1. The first-order valence-corrected chi connectivity index (χ1v) is 7.57. The van der Waals surface area contributed by atoms with Crippen LogP contribution in [0.25, 0.3) is 0 Å². The molecule has 1 rings (SSSR count). The minimum absolute atomic E-state index is 0.0355. The molecule has 118 valence electrons. The maximum absolute atomic E-state index is 11.9. The number of anilines is 2. The van der Waals surface area contributed by atoms with Gasteiger partial charge in [-0.05, 0) is 27.7 Å². The Kier molecular flexibility index (Phi) is 6.39. The summed E-state index contributed by atoms with van der Waals surface area (Å²) in [6.45, 7) is 13.2. The molecule has 0 fully saturated rings. The van der Waals surface area contributed by atoms with Crippen molar-refractivity contribution in [3.63, 3.8) is 0 Å². The van der Waals surface area contributed by atoms with Gasteiger partial charge in [0.05, 0.1) is 0 Å². The second kappa shape index (κ2) is 7.81. The van der Waals surface area contributed by atoms with Crippen molar-refractivity contribution >= 4 is 17.5 Å². The number of carbonyl (C=O) groups excluding carboxylic acids is 1. The van der Waals surface area contributed by atoms with Crippen LogP contribution in [0.4, 0.5) is 11.6 Å². The van der Waals surface area contributed by atoms with Crippen LogP contribution in [-0.4, -0.2) is 35.0 Å².